The summed E-state index contributed by atoms with van der Waals surface area (Å²) in [7, 11) is 0. The van der Waals surface area contributed by atoms with Gasteiger partial charge in [-0.25, -0.2) is 4.79 Å². The number of fused-ring (bicyclic) bond motifs is 1. The Morgan fingerprint density at radius 1 is 1.33 bits per heavy atom. The van der Waals surface area contributed by atoms with Gasteiger partial charge in [0.05, 0.1) is 12.2 Å². The van der Waals surface area contributed by atoms with Crippen LogP contribution in [0, 0.1) is 0 Å². The number of esters is 1. The lowest BCUT2D eigenvalue weighted by molar-refractivity contribution is -0.140. The highest BCUT2D eigenvalue weighted by Crippen LogP contribution is 2.25. The van der Waals surface area contributed by atoms with Crippen molar-refractivity contribution in [1.82, 2.24) is 0 Å². The zero-order chi connectivity index (χ0) is 13.0. The van der Waals surface area contributed by atoms with Crippen LogP contribution in [0.15, 0.2) is 29.8 Å². The van der Waals surface area contributed by atoms with E-state index in [2.05, 4.69) is 0 Å². The van der Waals surface area contributed by atoms with Crippen molar-refractivity contribution in [2.75, 3.05) is 13.2 Å². The molecule has 94 valence electrons. The minimum absolute atomic E-state index is 0.00187. The molecule has 0 aliphatic carbocycles. The summed E-state index contributed by atoms with van der Waals surface area (Å²) in [4.78, 5) is 22.4. The zero-order valence-corrected chi connectivity index (χ0v) is 10.1. The summed E-state index contributed by atoms with van der Waals surface area (Å²) >= 11 is 0. The number of ketones is 1. The van der Waals surface area contributed by atoms with Gasteiger partial charge in [0.15, 0.2) is 0 Å². The number of hydrogen-bond acceptors (Lipinski definition) is 4. The number of rotatable bonds is 4. The Morgan fingerprint density at radius 3 is 2.89 bits per heavy atom. The first kappa shape index (κ1) is 12.4. The van der Waals surface area contributed by atoms with Crippen LogP contribution in [0.5, 0.6) is 5.75 Å². The summed E-state index contributed by atoms with van der Waals surface area (Å²) < 4.78 is 10.4. The van der Waals surface area contributed by atoms with Gasteiger partial charge in [-0.2, -0.15) is 0 Å². The molecule has 0 atom stereocenters. The molecule has 0 amide bonds. The van der Waals surface area contributed by atoms with Gasteiger partial charge in [0, 0.05) is 12.0 Å². The molecule has 0 fully saturated rings. The smallest absolute Gasteiger partial charge is 0.337 e. The zero-order valence-electron chi connectivity index (χ0n) is 10.1. The largest absolute Gasteiger partial charge is 0.488 e. The minimum Gasteiger partial charge on any atom is -0.488 e. The molecular formula is C14H14O4. The number of hydrogen-bond donors (Lipinski definition) is 0. The van der Waals surface area contributed by atoms with Crippen LogP contribution in [-0.2, 0) is 14.3 Å². The maximum atomic E-state index is 11.7. The number of Topliss-reactive ketones (excluding diaryl/α,β-unsaturated/α-hetero) is 1. The van der Waals surface area contributed by atoms with Gasteiger partial charge in [-0.15, -0.1) is 0 Å². The summed E-state index contributed by atoms with van der Waals surface area (Å²) in [5.74, 6) is 0.338. The van der Waals surface area contributed by atoms with Crippen molar-refractivity contribution >= 4 is 17.8 Å². The Labute approximate surface area is 105 Å². The van der Waals surface area contributed by atoms with Crippen LogP contribution in [0.4, 0.5) is 0 Å². The van der Waals surface area contributed by atoms with Crippen LogP contribution in [-0.4, -0.2) is 25.0 Å². The fourth-order valence-corrected chi connectivity index (χ4v) is 1.61. The van der Waals surface area contributed by atoms with Crippen molar-refractivity contribution in [1.29, 1.82) is 0 Å². The van der Waals surface area contributed by atoms with Crippen LogP contribution >= 0.6 is 0 Å². The van der Waals surface area contributed by atoms with E-state index >= 15 is 0 Å². The number of carbonyl (C=O) groups excluding carboxylic acids is 2. The summed E-state index contributed by atoms with van der Waals surface area (Å²) in [5.41, 5.74) is 1.33. The summed E-state index contributed by atoms with van der Waals surface area (Å²) in [6.45, 7) is 1.79. The molecule has 1 aliphatic heterocycles. The summed E-state index contributed by atoms with van der Waals surface area (Å²) in [5, 5.41) is 0. The van der Waals surface area contributed by atoms with Crippen LogP contribution in [0.25, 0.3) is 6.08 Å². The minimum atomic E-state index is -0.425. The van der Waals surface area contributed by atoms with Gasteiger partial charge in [0.1, 0.15) is 18.1 Å². The molecule has 0 N–H and O–H groups in total. The van der Waals surface area contributed by atoms with Crippen molar-refractivity contribution in [2.24, 2.45) is 0 Å². The number of para-hydroxylation sites is 1. The van der Waals surface area contributed by atoms with E-state index in [1.54, 1.807) is 6.08 Å². The van der Waals surface area contributed by atoms with Crippen LogP contribution in [0.2, 0.25) is 0 Å². The first-order valence-corrected chi connectivity index (χ1v) is 5.76. The van der Waals surface area contributed by atoms with E-state index in [9.17, 15) is 9.59 Å². The SMILES string of the molecule is CC(=O)CCOC(=O)C1=Cc2ccccc2OC1. The van der Waals surface area contributed by atoms with Crippen LogP contribution in [0.1, 0.15) is 18.9 Å². The number of carbonyl (C=O) groups is 2. The third-order valence-electron chi connectivity index (χ3n) is 2.58. The third kappa shape index (κ3) is 2.97. The Balaban J connectivity index is 2.00. The topological polar surface area (TPSA) is 52.6 Å². The summed E-state index contributed by atoms with van der Waals surface area (Å²) in [6, 6.07) is 7.48. The second kappa shape index (κ2) is 5.49. The van der Waals surface area contributed by atoms with Gasteiger partial charge in [-0.3, -0.25) is 4.79 Å². The van der Waals surface area contributed by atoms with E-state index in [1.807, 2.05) is 24.3 Å². The average molecular weight is 246 g/mol. The molecular weight excluding hydrogens is 232 g/mol. The van der Waals surface area contributed by atoms with Crippen molar-refractivity contribution in [2.45, 2.75) is 13.3 Å². The van der Waals surface area contributed by atoms with Gasteiger partial charge in [-0.1, -0.05) is 18.2 Å². The fraction of sp³-hybridized carbons (Fsp3) is 0.286. The highest BCUT2D eigenvalue weighted by Gasteiger charge is 2.17. The molecule has 0 radical (unpaired) electrons. The Kier molecular flexibility index (Phi) is 3.77. The normalized spacial score (nSPS) is 13.1. The second-order valence-electron chi connectivity index (χ2n) is 4.08. The molecule has 4 nitrogen and oxygen atoms in total. The van der Waals surface area contributed by atoms with E-state index in [4.69, 9.17) is 9.47 Å². The van der Waals surface area contributed by atoms with Crippen molar-refractivity contribution in [3.63, 3.8) is 0 Å². The molecule has 4 heteroatoms. The molecule has 1 aliphatic rings. The first-order chi connectivity index (χ1) is 8.66. The lowest BCUT2D eigenvalue weighted by Crippen LogP contribution is -2.18. The molecule has 1 heterocycles. The fourth-order valence-electron chi connectivity index (χ4n) is 1.61. The van der Waals surface area contributed by atoms with Gasteiger partial charge in [0.2, 0.25) is 0 Å². The molecule has 0 unspecified atom stereocenters. The van der Waals surface area contributed by atoms with Crippen molar-refractivity contribution in [3.05, 3.63) is 35.4 Å². The average Bonchev–Trinajstić information content (AvgIpc) is 2.37. The molecule has 0 aromatic heterocycles. The van der Waals surface area contributed by atoms with Crippen molar-refractivity contribution in [3.8, 4) is 5.75 Å². The number of ether oxygens (including phenoxy) is 2. The maximum absolute atomic E-state index is 11.7. The van der Waals surface area contributed by atoms with E-state index in [0.717, 1.165) is 11.3 Å². The van der Waals surface area contributed by atoms with Gasteiger partial charge in [-0.05, 0) is 19.1 Å². The third-order valence-corrected chi connectivity index (χ3v) is 2.58. The molecule has 1 aromatic carbocycles. The lowest BCUT2D eigenvalue weighted by atomic mass is 10.1. The predicted octanol–water partition coefficient (Wildman–Crippen LogP) is 1.98. The number of benzene rings is 1. The molecule has 18 heavy (non-hydrogen) atoms. The van der Waals surface area contributed by atoms with E-state index < -0.39 is 5.97 Å². The Bertz CT molecular complexity index is 502. The Hall–Kier alpha value is -2.10. The van der Waals surface area contributed by atoms with Crippen LogP contribution < -0.4 is 4.74 Å². The van der Waals surface area contributed by atoms with E-state index in [0.29, 0.717) is 5.57 Å². The summed E-state index contributed by atoms with van der Waals surface area (Å²) in [6.07, 6.45) is 2.01. The van der Waals surface area contributed by atoms with Gasteiger partial charge >= 0.3 is 5.97 Å². The standard InChI is InChI=1S/C14H14O4/c1-10(15)6-7-17-14(16)12-8-11-4-2-3-5-13(11)18-9-12/h2-5,8H,6-7,9H2,1H3. The monoisotopic (exact) mass is 246 g/mol. The molecule has 0 saturated carbocycles. The van der Waals surface area contributed by atoms with Crippen molar-refractivity contribution < 1.29 is 19.1 Å². The highest BCUT2D eigenvalue weighted by molar-refractivity contribution is 5.95. The molecule has 2 rings (SSSR count). The molecule has 0 spiro atoms. The predicted molar refractivity (Wildman–Crippen MR) is 66.2 cm³/mol. The molecule has 0 saturated heterocycles. The van der Waals surface area contributed by atoms with E-state index in [1.165, 1.54) is 6.92 Å². The second-order valence-corrected chi connectivity index (χ2v) is 4.08. The van der Waals surface area contributed by atoms with Gasteiger partial charge in [0.25, 0.3) is 0 Å². The van der Waals surface area contributed by atoms with Crippen LogP contribution in [0.3, 0.4) is 0 Å². The first-order valence-electron chi connectivity index (χ1n) is 5.76. The van der Waals surface area contributed by atoms with Gasteiger partial charge < -0.3 is 9.47 Å². The maximum Gasteiger partial charge on any atom is 0.337 e. The molecule has 1 aromatic rings. The quantitative estimate of drug-likeness (QED) is 0.762. The highest BCUT2D eigenvalue weighted by atomic mass is 16.5. The lowest BCUT2D eigenvalue weighted by Gasteiger charge is -2.16. The Morgan fingerprint density at radius 2 is 2.11 bits per heavy atom. The molecule has 0 bridgehead atoms. The van der Waals surface area contributed by atoms with E-state index in [-0.39, 0.29) is 25.4 Å².